The second kappa shape index (κ2) is 7.06. The Morgan fingerprint density at radius 2 is 2.37 bits per heavy atom. The molecule has 2 aromatic heterocycles. The van der Waals surface area contributed by atoms with E-state index >= 15 is 0 Å². The maximum atomic E-state index is 11.7. The van der Waals surface area contributed by atoms with Crippen molar-refractivity contribution in [3.8, 4) is 10.8 Å². The van der Waals surface area contributed by atoms with Gasteiger partial charge in [0.1, 0.15) is 6.26 Å². The van der Waals surface area contributed by atoms with E-state index in [9.17, 15) is 4.79 Å². The van der Waals surface area contributed by atoms with Gasteiger partial charge in [-0.1, -0.05) is 13.0 Å². The average Bonchev–Trinajstić information content (AvgIpc) is 3.04. The molecular formula is C13H17N3O2S. The maximum Gasteiger partial charge on any atom is 0.236 e. The van der Waals surface area contributed by atoms with Gasteiger partial charge in [0, 0.05) is 13.1 Å². The van der Waals surface area contributed by atoms with Gasteiger partial charge in [-0.2, -0.15) is 0 Å². The third-order valence-electron chi connectivity index (χ3n) is 2.50. The first kappa shape index (κ1) is 13.8. The van der Waals surface area contributed by atoms with Crippen LogP contribution in [0.1, 0.15) is 12.6 Å². The van der Waals surface area contributed by atoms with Gasteiger partial charge in [0.25, 0.3) is 0 Å². The number of carbonyl (C=O) groups is 1. The molecule has 0 aromatic carbocycles. The zero-order chi connectivity index (χ0) is 13.5. The van der Waals surface area contributed by atoms with E-state index in [2.05, 4.69) is 15.6 Å². The minimum Gasteiger partial charge on any atom is -0.444 e. The highest BCUT2D eigenvalue weighted by Gasteiger charge is 2.10. The molecule has 19 heavy (non-hydrogen) atoms. The van der Waals surface area contributed by atoms with E-state index in [1.807, 2.05) is 24.4 Å². The molecule has 0 saturated heterocycles. The quantitative estimate of drug-likeness (QED) is 0.757. The van der Waals surface area contributed by atoms with Crippen LogP contribution in [0.25, 0.3) is 10.8 Å². The number of likely N-dealkylation sites (N-methyl/N-ethyl adjacent to an activating group) is 1. The molecule has 0 radical (unpaired) electrons. The number of amides is 1. The lowest BCUT2D eigenvalue weighted by atomic mass is 10.3. The van der Waals surface area contributed by atoms with Gasteiger partial charge in [-0.3, -0.25) is 4.79 Å². The zero-order valence-electron chi connectivity index (χ0n) is 10.8. The molecule has 1 amide bonds. The zero-order valence-corrected chi connectivity index (χ0v) is 11.6. The van der Waals surface area contributed by atoms with Crippen LogP contribution in [-0.4, -0.2) is 30.5 Å². The lowest BCUT2D eigenvalue weighted by molar-refractivity contribution is -0.120. The van der Waals surface area contributed by atoms with E-state index in [4.69, 9.17) is 4.42 Å². The molecule has 0 fully saturated rings. The molecule has 0 aliphatic heterocycles. The number of aromatic nitrogens is 1. The summed E-state index contributed by atoms with van der Waals surface area (Å²) in [5.74, 6) is 0.536. The number of hydrogen-bond acceptors (Lipinski definition) is 5. The predicted molar refractivity (Wildman–Crippen MR) is 75.1 cm³/mol. The highest BCUT2D eigenvalue weighted by atomic mass is 32.1. The minimum atomic E-state index is -0.0380. The largest absolute Gasteiger partial charge is 0.444 e. The van der Waals surface area contributed by atoms with Crippen molar-refractivity contribution in [2.24, 2.45) is 0 Å². The number of carbonyl (C=O) groups excluding carboxylic acids is 1. The monoisotopic (exact) mass is 279 g/mol. The molecule has 6 heteroatoms. The van der Waals surface area contributed by atoms with Crippen molar-refractivity contribution in [2.45, 2.75) is 13.3 Å². The van der Waals surface area contributed by atoms with Crippen molar-refractivity contribution in [3.05, 3.63) is 29.5 Å². The molecule has 0 unspecified atom stereocenters. The normalized spacial score (nSPS) is 10.6. The fraction of sp³-hybridized carbons (Fsp3) is 0.385. The van der Waals surface area contributed by atoms with E-state index in [0.717, 1.165) is 18.0 Å². The smallest absolute Gasteiger partial charge is 0.236 e. The molecule has 2 N–H and O–H groups in total. The van der Waals surface area contributed by atoms with Gasteiger partial charge in [-0.05, 0) is 18.0 Å². The van der Waals surface area contributed by atoms with Crippen molar-refractivity contribution < 1.29 is 9.21 Å². The van der Waals surface area contributed by atoms with Crippen molar-refractivity contribution in [3.63, 3.8) is 0 Å². The van der Waals surface area contributed by atoms with Gasteiger partial charge in [0.05, 0.1) is 17.0 Å². The van der Waals surface area contributed by atoms with E-state index in [0.29, 0.717) is 18.1 Å². The summed E-state index contributed by atoms with van der Waals surface area (Å²) in [7, 11) is 0. The van der Waals surface area contributed by atoms with Crippen molar-refractivity contribution in [1.29, 1.82) is 0 Å². The molecule has 0 aliphatic carbocycles. The van der Waals surface area contributed by atoms with Crippen LogP contribution < -0.4 is 10.6 Å². The van der Waals surface area contributed by atoms with Gasteiger partial charge in [-0.25, -0.2) is 4.98 Å². The predicted octanol–water partition coefficient (Wildman–Crippen LogP) is 1.67. The molecule has 0 aliphatic rings. The van der Waals surface area contributed by atoms with Gasteiger partial charge >= 0.3 is 0 Å². The number of thiophene rings is 1. The Labute approximate surface area is 116 Å². The van der Waals surface area contributed by atoms with E-state index < -0.39 is 0 Å². The Morgan fingerprint density at radius 1 is 1.47 bits per heavy atom. The van der Waals surface area contributed by atoms with Crippen LogP contribution in [0, 0.1) is 0 Å². The first-order valence-electron chi connectivity index (χ1n) is 6.25. The fourth-order valence-corrected chi connectivity index (χ4v) is 2.25. The molecule has 5 nitrogen and oxygen atoms in total. The SMILES string of the molecule is CCNCCNC(=O)Cc1coc(-c2cccs2)n1. The number of rotatable bonds is 7. The molecule has 2 aromatic rings. The lowest BCUT2D eigenvalue weighted by Crippen LogP contribution is -2.32. The summed E-state index contributed by atoms with van der Waals surface area (Å²) >= 11 is 1.56. The standard InChI is InChI=1S/C13H17N3O2S/c1-2-14-5-6-15-12(17)8-10-9-18-13(16-10)11-4-3-7-19-11/h3-4,7,9,14H,2,5-6,8H2,1H3,(H,15,17). The summed E-state index contributed by atoms with van der Waals surface area (Å²) in [5, 5.41) is 7.94. The highest BCUT2D eigenvalue weighted by molar-refractivity contribution is 7.13. The van der Waals surface area contributed by atoms with Crippen LogP contribution >= 0.6 is 11.3 Å². The molecule has 102 valence electrons. The van der Waals surface area contributed by atoms with Crippen LogP contribution in [0.5, 0.6) is 0 Å². The van der Waals surface area contributed by atoms with Crippen molar-refractivity contribution in [2.75, 3.05) is 19.6 Å². The summed E-state index contributed by atoms with van der Waals surface area (Å²) < 4.78 is 5.36. The topological polar surface area (TPSA) is 67.2 Å². The van der Waals surface area contributed by atoms with E-state index in [1.54, 1.807) is 17.6 Å². The van der Waals surface area contributed by atoms with Gasteiger partial charge in [0.15, 0.2) is 0 Å². The summed E-state index contributed by atoms with van der Waals surface area (Å²) in [5.41, 5.74) is 0.657. The van der Waals surface area contributed by atoms with E-state index in [1.165, 1.54) is 0 Å². The second-order valence-electron chi connectivity index (χ2n) is 4.00. The van der Waals surface area contributed by atoms with Gasteiger partial charge < -0.3 is 15.1 Å². The molecule has 2 heterocycles. The molecule has 0 saturated carbocycles. The Balaban J connectivity index is 1.81. The van der Waals surface area contributed by atoms with Crippen LogP contribution in [0.4, 0.5) is 0 Å². The third kappa shape index (κ3) is 4.18. The summed E-state index contributed by atoms with van der Waals surface area (Å²) in [6.07, 6.45) is 1.79. The molecule has 0 spiro atoms. The van der Waals surface area contributed by atoms with Crippen LogP contribution in [0.2, 0.25) is 0 Å². The average molecular weight is 279 g/mol. The molecular weight excluding hydrogens is 262 g/mol. The van der Waals surface area contributed by atoms with Crippen LogP contribution in [-0.2, 0) is 11.2 Å². The van der Waals surface area contributed by atoms with Crippen molar-refractivity contribution >= 4 is 17.2 Å². The summed E-state index contributed by atoms with van der Waals surface area (Å²) in [6.45, 7) is 4.34. The number of nitrogens with one attached hydrogen (secondary N) is 2. The fourth-order valence-electron chi connectivity index (χ4n) is 1.60. The molecule has 0 atom stereocenters. The van der Waals surface area contributed by atoms with E-state index in [-0.39, 0.29) is 12.3 Å². The Bertz CT molecular complexity index is 508. The maximum absolute atomic E-state index is 11.7. The lowest BCUT2D eigenvalue weighted by Gasteiger charge is -2.03. The Morgan fingerprint density at radius 3 is 3.11 bits per heavy atom. The Hall–Kier alpha value is -1.66. The first-order valence-corrected chi connectivity index (χ1v) is 7.13. The molecule has 2 rings (SSSR count). The number of oxazole rings is 1. The minimum absolute atomic E-state index is 0.0380. The first-order chi connectivity index (χ1) is 9.29. The second-order valence-corrected chi connectivity index (χ2v) is 4.95. The number of nitrogens with zero attached hydrogens (tertiary/aromatic N) is 1. The van der Waals surface area contributed by atoms with Crippen LogP contribution in [0.15, 0.2) is 28.2 Å². The van der Waals surface area contributed by atoms with Gasteiger partial charge in [-0.15, -0.1) is 11.3 Å². The Kier molecular flexibility index (Phi) is 5.11. The van der Waals surface area contributed by atoms with Crippen molar-refractivity contribution in [1.82, 2.24) is 15.6 Å². The third-order valence-corrected chi connectivity index (χ3v) is 3.36. The van der Waals surface area contributed by atoms with Crippen LogP contribution in [0.3, 0.4) is 0 Å². The summed E-state index contributed by atoms with van der Waals surface area (Å²) in [4.78, 5) is 16.9. The van der Waals surface area contributed by atoms with Gasteiger partial charge in [0.2, 0.25) is 11.8 Å². The number of hydrogen-bond donors (Lipinski definition) is 2. The molecule has 0 bridgehead atoms. The summed E-state index contributed by atoms with van der Waals surface area (Å²) in [6, 6.07) is 3.88. The highest BCUT2D eigenvalue weighted by Crippen LogP contribution is 2.23.